The molecule has 0 aliphatic heterocycles. The molecule has 0 atom stereocenters. The van der Waals surface area contributed by atoms with Gasteiger partial charge in [0.1, 0.15) is 0 Å². The van der Waals surface area contributed by atoms with Crippen molar-refractivity contribution in [3.63, 3.8) is 0 Å². The molecule has 0 unspecified atom stereocenters. The highest BCUT2D eigenvalue weighted by Gasteiger charge is 2.35. The molecule has 0 amide bonds. The molecule has 0 spiro atoms. The molecule has 1 heterocycles. The van der Waals surface area contributed by atoms with Gasteiger partial charge >= 0.3 is 6.18 Å². The highest BCUT2D eigenvalue weighted by atomic mass is 32.2. The number of aromatic nitrogens is 2. The van der Waals surface area contributed by atoms with Crippen LogP contribution in [0.3, 0.4) is 0 Å². The Morgan fingerprint density at radius 1 is 0.958 bits per heavy atom. The number of alkyl halides is 3. The van der Waals surface area contributed by atoms with Crippen molar-refractivity contribution in [2.24, 2.45) is 0 Å². The van der Waals surface area contributed by atoms with Crippen LogP contribution in [0.2, 0.25) is 0 Å². The van der Waals surface area contributed by atoms with Crippen molar-refractivity contribution >= 4 is 12.1 Å². The fourth-order valence-electron chi connectivity index (χ4n) is 2.29. The fraction of sp³-hybridized carbons (Fsp3) is 0.118. The first-order valence-corrected chi connectivity index (χ1v) is 7.73. The van der Waals surface area contributed by atoms with Crippen LogP contribution in [0.15, 0.2) is 59.5 Å². The number of hydrogen-bond acceptors (Lipinski definition) is 2. The van der Waals surface area contributed by atoms with Crippen LogP contribution in [0.4, 0.5) is 17.1 Å². The second kappa shape index (κ2) is 6.32. The number of rotatable bonds is 3. The van der Waals surface area contributed by atoms with E-state index in [1.807, 2.05) is 19.1 Å². The average Bonchev–Trinajstić information content (AvgIpc) is 3.01. The lowest BCUT2D eigenvalue weighted by molar-refractivity contribution is -0.141. The van der Waals surface area contributed by atoms with Gasteiger partial charge in [0.25, 0.3) is 0 Å². The molecule has 124 valence electrons. The third-order valence-corrected chi connectivity index (χ3v) is 3.97. The Morgan fingerprint density at radius 3 is 2.12 bits per heavy atom. The van der Waals surface area contributed by atoms with Crippen molar-refractivity contribution in [1.82, 2.24) is 9.78 Å². The van der Waals surface area contributed by atoms with Crippen molar-refractivity contribution in [3.8, 4) is 16.9 Å². The lowest BCUT2D eigenvalue weighted by Crippen LogP contribution is -2.07. The maximum absolute atomic E-state index is 13.1. The molecule has 0 aliphatic rings. The summed E-state index contributed by atoms with van der Waals surface area (Å²) in [6.45, 7) is 1.90. The summed E-state index contributed by atoms with van der Waals surface area (Å²) in [5.41, 5.74) is 1.40. The van der Waals surface area contributed by atoms with Gasteiger partial charge in [-0.15, -0.1) is 0 Å². The van der Waals surface area contributed by atoms with Gasteiger partial charge < -0.3 is 0 Å². The maximum Gasteiger partial charge on any atom is 0.435 e. The third-order valence-electron chi connectivity index (χ3n) is 3.52. The molecule has 0 N–H and O–H groups in total. The van der Waals surface area contributed by atoms with Gasteiger partial charge in [0.05, 0.1) is 23.5 Å². The van der Waals surface area contributed by atoms with Crippen molar-refractivity contribution in [2.45, 2.75) is 18.0 Å². The van der Waals surface area contributed by atoms with Crippen molar-refractivity contribution < 1.29 is 17.1 Å². The van der Waals surface area contributed by atoms with Gasteiger partial charge in [0.2, 0.25) is 0 Å². The highest BCUT2D eigenvalue weighted by molar-refractivity contribution is 7.94. The number of aryl methyl sites for hydroxylation is 1. The van der Waals surface area contributed by atoms with E-state index >= 15 is 0 Å². The highest BCUT2D eigenvalue weighted by Crippen LogP contribution is 2.33. The SMILES string of the molecule is Cc1ccc(-c2cc(C(F)(F)F)nn2-c2ccc(SF)cc2)cc1. The molecule has 0 bridgehead atoms. The minimum Gasteiger partial charge on any atom is -0.233 e. The van der Waals surface area contributed by atoms with Crippen LogP contribution in [0, 0.1) is 6.92 Å². The first-order chi connectivity index (χ1) is 11.4. The summed E-state index contributed by atoms with van der Waals surface area (Å²) in [6, 6.07) is 14.2. The molecule has 1 aromatic heterocycles. The van der Waals surface area contributed by atoms with Crippen LogP contribution in [0.1, 0.15) is 11.3 Å². The second-order valence-electron chi connectivity index (χ2n) is 5.26. The molecule has 7 heteroatoms. The molecule has 24 heavy (non-hydrogen) atoms. The van der Waals surface area contributed by atoms with Crippen LogP contribution in [-0.4, -0.2) is 9.78 Å². The van der Waals surface area contributed by atoms with Crippen molar-refractivity contribution in [3.05, 3.63) is 65.9 Å². The molecule has 0 fully saturated rings. The Balaban J connectivity index is 2.15. The summed E-state index contributed by atoms with van der Waals surface area (Å²) in [4.78, 5) is 0.374. The first kappa shape index (κ1) is 16.6. The second-order valence-corrected chi connectivity index (χ2v) is 5.89. The predicted molar refractivity (Wildman–Crippen MR) is 85.7 cm³/mol. The predicted octanol–water partition coefficient (Wildman–Crippen LogP) is 5.84. The van der Waals surface area contributed by atoms with E-state index in [0.717, 1.165) is 11.6 Å². The summed E-state index contributed by atoms with van der Waals surface area (Å²) in [7, 11) is 0. The lowest BCUT2D eigenvalue weighted by atomic mass is 10.1. The van der Waals surface area contributed by atoms with E-state index in [4.69, 9.17) is 0 Å². The molecule has 2 nitrogen and oxygen atoms in total. The molecule has 0 saturated heterocycles. The third kappa shape index (κ3) is 3.31. The minimum absolute atomic E-state index is 0.0747. The molecule has 0 radical (unpaired) electrons. The Morgan fingerprint density at radius 2 is 1.58 bits per heavy atom. The van der Waals surface area contributed by atoms with Crippen LogP contribution in [0.5, 0.6) is 0 Å². The van der Waals surface area contributed by atoms with E-state index < -0.39 is 11.9 Å². The fourth-order valence-corrected chi connectivity index (χ4v) is 2.52. The number of nitrogens with zero attached hydrogens (tertiary/aromatic N) is 2. The molecule has 0 saturated carbocycles. The van der Waals surface area contributed by atoms with E-state index in [9.17, 15) is 17.1 Å². The molecule has 3 aromatic rings. The summed E-state index contributed by atoms with van der Waals surface area (Å²) in [6.07, 6.45) is -4.54. The van der Waals surface area contributed by atoms with Crippen LogP contribution < -0.4 is 0 Å². The standard InChI is InChI=1S/C17H12F4N2S/c1-11-2-4-12(5-3-11)15-10-16(17(18,19)20)22-23(15)13-6-8-14(24-21)9-7-13/h2-10H,1H3. The van der Waals surface area contributed by atoms with Gasteiger partial charge in [0.15, 0.2) is 5.69 Å². The van der Waals surface area contributed by atoms with Crippen molar-refractivity contribution in [1.29, 1.82) is 0 Å². The molecule has 0 aliphatic carbocycles. The van der Waals surface area contributed by atoms with Crippen molar-refractivity contribution in [2.75, 3.05) is 0 Å². The van der Waals surface area contributed by atoms with Gasteiger partial charge in [-0.3, -0.25) is 0 Å². The number of hydrogen-bond donors (Lipinski definition) is 0. The Kier molecular flexibility index (Phi) is 4.36. The van der Waals surface area contributed by atoms with Crippen LogP contribution in [0.25, 0.3) is 16.9 Å². The first-order valence-electron chi connectivity index (χ1n) is 7.02. The molecule has 2 aromatic carbocycles. The maximum atomic E-state index is 13.1. The average molecular weight is 352 g/mol. The van der Waals surface area contributed by atoms with Gasteiger partial charge in [-0.2, -0.15) is 22.2 Å². The minimum atomic E-state index is -4.54. The van der Waals surface area contributed by atoms with Crippen LogP contribution >= 0.6 is 12.1 Å². The van der Waals surface area contributed by atoms with Crippen LogP contribution in [-0.2, 0) is 6.18 Å². The zero-order chi connectivity index (χ0) is 17.3. The van der Waals surface area contributed by atoms with E-state index in [0.29, 0.717) is 21.8 Å². The molecule has 3 rings (SSSR count). The topological polar surface area (TPSA) is 17.8 Å². The smallest absolute Gasteiger partial charge is 0.233 e. The Hall–Kier alpha value is -2.28. The zero-order valence-corrected chi connectivity index (χ0v) is 13.3. The molecular weight excluding hydrogens is 340 g/mol. The van der Waals surface area contributed by atoms with E-state index in [1.165, 1.54) is 28.9 Å². The van der Waals surface area contributed by atoms with Gasteiger partial charge in [0, 0.05) is 10.5 Å². The Labute approximate surface area is 140 Å². The summed E-state index contributed by atoms with van der Waals surface area (Å²) < 4.78 is 53.0. The monoisotopic (exact) mass is 352 g/mol. The Bertz CT molecular complexity index is 837. The molecular formula is C17H12F4N2S. The quantitative estimate of drug-likeness (QED) is 0.551. The lowest BCUT2D eigenvalue weighted by Gasteiger charge is -2.08. The van der Waals surface area contributed by atoms with Gasteiger partial charge in [-0.05, 0) is 37.3 Å². The normalized spacial score (nSPS) is 11.7. The summed E-state index contributed by atoms with van der Waals surface area (Å²) in [5, 5.41) is 3.70. The van der Waals surface area contributed by atoms with E-state index in [2.05, 4.69) is 5.10 Å². The zero-order valence-electron chi connectivity index (χ0n) is 12.5. The van der Waals surface area contributed by atoms with Gasteiger partial charge in [-0.25, -0.2) is 4.68 Å². The number of halogens is 4. The summed E-state index contributed by atoms with van der Waals surface area (Å²) in [5.74, 6) is 0. The number of benzene rings is 2. The largest absolute Gasteiger partial charge is 0.435 e. The van der Waals surface area contributed by atoms with E-state index in [1.54, 1.807) is 12.1 Å². The van der Waals surface area contributed by atoms with E-state index in [-0.39, 0.29) is 12.1 Å². The summed E-state index contributed by atoms with van der Waals surface area (Å²) >= 11 is 0.0747. The van der Waals surface area contributed by atoms with Gasteiger partial charge in [-0.1, -0.05) is 29.8 Å².